The van der Waals surface area contributed by atoms with Crippen molar-refractivity contribution in [3.05, 3.63) is 62.2 Å². The molecule has 2 amide bonds. The molecule has 0 radical (unpaired) electrons. The van der Waals surface area contributed by atoms with Gasteiger partial charge in [-0.1, -0.05) is 11.6 Å². The van der Waals surface area contributed by atoms with Gasteiger partial charge < -0.3 is 24.9 Å². The summed E-state index contributed by atoms with van der Waals surface area (Å²) in [5.74, 6) is 1.62. The van der Waals surface area contributed by atoms with Crippen molar-refractivity contribution in [1.29, 1.82) is 0 Å². The number of piperazine rings is 2. The summed E-state index contributed by atoms with van der Waals surface area (Å²) in [6.45, 7) is 7.88. The highest BCUT2D eigenvalue weighted by atomic mass is 35.5. The predicted octanol–water partition coefficient (Wildman–Crippen LogP) is 4.86. The minimum absolute atomic E-state index is 0.0727. The van der Waals surface area contributed by atoms with Gasteiger partial charge in [-0.25, -0.2) is 19.9 Å². The lowest BCUT2D eigenvalue weighted by molar-refractivity contribution is -0.138. The van der Waals surface area contributed by atoms with E-state index in [9.17, 15) is 9.59 Å². The zero-order valence-electron chi connectivity index (χ0n) is 31.1. The number of aliphatic imine (C=N–C) groups is 1. The normalized spacial score (nSPS) is 21.2. The predicted molar refractivity (Wildman–Crippen MR) is 218 cm³/mol. The van der Waals surface area contributed by atoms with Crippen LogP contribution in [-0.4, -0.2) is 129 Å². The Morgan fingerprint density at radius 3 is 1.93 bits per heavy atom. The van der Waals surface area contributed by atoms with E-state index in [0.717, 1.165) is 134 Å². The minimum atomic E-state index is 0.0727. The van der Waals surface area contributed by atoms with Crippen LogP contribution >= 0.6 is 34.3 Å². The molecule has 2 unspecified atom stereocenters. The lowest BCUT2D eigenvalue weighted by Gasteiger charge is -2.35. The number of pyridine rings is 1. The maximum absolute atomic E-state index is 13.1. The molecule has 0 bridgehead atoms. The van der Waals surface area contributed by atoms with Crippen molar-refractivity contribution in [1.82, 2.24) is 44.5 Å². The topological polar surface area (TPSA) is 136 Å². The first-order valence-electron chi connectivity index (χ1n) is 19.2. The molecule has 2 fully saturated rings. The highest BCUT2D eigenvalue weighted by Crippen LogP contribution is 2.42. The van der Waals surface area contributed by atoms with Gasteiger partial charge in [-0.05, 0) is 69.8 Å². The summed E-state index contributed by atoms with van der Waals surface area (Å²) < 4.78 is 0. The molecule has 2 atom stereocenters. The van der Waals surface area contributed by atoms with Crippen molar-refractivity contribution in [2.75, 3.05) is 71.8 Å². The molecule has 10 rings (SSSR count). The molecule has 2 aliphatic carbocycles. The van der Waals surface area contributed by atoms with Crippen molar-refractivity contribution >= 4 is 84.2 Å². The van der Waals surface area contributed by atoms with Crippen molar-refractivity contribution in [2.45, 2.75) is 45.1 Å². The first-order valence-corrected chi connectivity index (χ1v) is 21.2. The van der Waals surface area contributed by atoms with Gasteiger partial charge in [0.05, 0.1) is 34.9 Å². The first kappa shape index (κ1) is 36.5. The number of fused-ring (bicyclic) bond motifs is 7. The Labute approximate surface area is 332 Å². The fraction of sp³-hybridized carbons (Fsp3) is 0.487. The summed E-state index contributed by atoms with van der Waals surface area (Å²) in [6.07, 6.45) is 12.0. The molecule has 5 aliphatic rings. The summed E-state index contributed by atoms with van der Waals surface area (Å²) in [5, 5.41) is 6.08. The minimum Gasteiger partial charge on any atom is -0.340 e. The number of anilines is 2. The molecule has 55 heavy (non-hydrogen) atoms. The molecule has 286 valence electrons. The number of aryl methyl sites for hydroxylation is 2. The zero-order valence-corrected chi connectivity index (χ0v) is 33.5. The number of hydrogen-bond donors (Lipinski definition) is 1. The third-order valence-electron chi connectivity index (χ3n) is 11.7. The number of thiophene rings is 2. The second-order valence-electron chi connectivity index (χ2n) is 15.2. The maximum Gasteiger partial charge on any atom is 0.226 e. The van der Waals surface area contributed by atoms with Gasteiger partial charge in [-0.15, -0.1) is 22.7 Å². The molecule has 0 saturated carbocycles. The van der Waals surface area contributed by atoms with Crippen LogP contribution in [-0.2, 0) is 41.8 Å². The number of carbonyl (C=O) groups is 2. The number of aromatic nitrogens is 5. The van der Waals surface area contributed by atoms with Crippen molar-refractivity contribution < 1.29 is 9.59 Å². The monoisotopic (exact) mass is 797 g/mol. The largest absolute Gasteiger partial charge is 0.340 e. The average Bonchev–Trinajstić information content (AvgIpc) is 3.93. The van der Waals surface area contributed by atoms with Gasteiger partial charge in [-0.3, -0.25) is 19.6 Å². The van der Waals surface area contributed by atoms with Crippen LogP contribution in [0.3, 0.4) is 0 Å². The van der Waals surface area contributed by atoms with Crippen molar-refractivity contribution in [2.24, 2.45) is 16.8 Å². The lowest BCUT2D eigenvalue weighted by atomic mass is 9.86. The molecule has 2 saturated heterocycles. The number of amides is 2. The highest BCUT2D eigenvalue weighted by molar-refractivity contribution is 7.19. The van der Waals surface area contributed by atoms with E-state index in [1.54, 1.807) is 29.0 Å². The number of nitrogens with zero attached hydrogens (tertiary/aromatic N) is 10. The Hall–Kier alpha value is -4.15. The Balaban J connectivity index is 0.000000153. The molecular weight excluding hydrogens is 754 g/mol. The molecule has 16 heteroatoms. The van der Waals surface area contributed by atoms with E-state index < -0.39 is 0 Å². The fourth-order valence-corrected chi connectivity index (χ4v) is 11.3. The molecule has 0 spiro atoms. The standard InChI is InChI=1S/C23H25N7OS.C16H19ClN4OS/c1-29-4-6-30(7-5-29)23(31)14-2-3-17-19(9-14)32-22-20(17)21(26-13-27-22)28-16-8-15-10-24-12-18(15)25-11-16;1-20-4-6-21(7-5-20)16(22)10-2-3-11-12(8-10)23-15-13(11)14(17)18-9-19-15/h8,10-11,13-14H,2-7,9,12H2,1H3,(H,26,27,28);9-10H,2-8H2,1H3. The fourth-order valence-electron chi connectivity index (χ4n) is 8.46. The van der Waals surface area contributed by atoms with E-state index in [-0.39, 0.29) is 11.8 Å². The lowest BCUT2D eigenvalue weighted by Crippen LogP contribution is -2.49. The summed E-state index contributed by atoms with van der Waals surface area (Å²) in [6, 6.07) is 2.07. The third kappa shape index (κ3) is 7.32. The van der Waals surface area contributed by atoms with E-state index in [4.69, 9.17) is 11.6 Å². The van der Waals surface area contributed by atoms with Gasteiger partial charge >= 0.3 is 0 Å². The molecule has 8 heterocycles. The third-order valence-corrected chi connectivity index (χ3v) is 14.3. The number of likely N-dealkylation sites (N-methyl/N-ethyl adjacent to an activating group) is 2. The first-order chi connectivity index (χ1) is 26.8. The zero-order chi connectivity index (χ0) is 37.6. The maximum atomic E-state index is 13.1. The van der Waals surface area contributed by atoms with Crippen LogP contribution < -0.4 is 5.32 Å². The Morgan fingerprint density at radius 2 is 1.31 bits per heavy atom. The quantitative estimate of drug-likeness (QED) is 0.251. The van der Waals surface area contributed by atoms with Gasteiger partial charge in [0, 0.05) is 85.7 Å². The summed E-state index contributed by atoms with van der Waals surface area (Å²) >= 11 is 9.62. The van der Waals surface area contributed by atoms with Crippen LogP contribution in [0, 0.1) is 11.8 Å². The van der Waals surface area contributed by atoms with E-state index in [2.05, 4.69) is 70.1 Å². The van der Waals surface area contributed by atoms with Gasteiger partial charge in [0.15, 0.2) is 0 Å². The molecule has 3 aliphatic heterocycles. The highest BCUT2D eigenvalue weighted by Gasteiger charge is 2.34. The molecule has 0 aromatic carbocycles. The number of hydrogen-bond acceptors (Lipinski definition) is 13. The summed E-state index contributed by atoms with van der Waals surface area (Å²) in [7, 11) is 4.22. The van der Waals surface area contributed by atoms with Crippen LogP contribution in [0.4, 0.5) is 11.5 Å². The number of nitrogens with one attached hydrogen (secondary N) is 1. The van der Waals surface area contributed by atoms with Crippen LogP contribution in [0.15, 0.2) is 29.9 Å². The van der Waals surface area contributed by atoms with Crippen molar-refractivity contribution in [3.63, 3.8) is 0 Å². The van der Waals surface area contributed by atoms with Gasteiger partial charge in [-0.2, -0.15) is 0 Å². The molecule has 5 aromatic heterocycles. The van der Waals surface area contributed by atoms with Crippen LogP contribution in [0.5, 0.6) is 0 Å². The Kier molecular flexibility index (Phi) is 10.2. The summed E-state index contributed by atoms with van der Waals surface area (Å²) in [4.78, 5) is 65.4. The second kappa shape index (κ2) is 15.4. The van der Waals surface area contributed by atoms with Gasteiger partial charge in [0.1, 0.15) is 33.3 Å². The Morgan fingerprint density at radius 1 is 0.745 bits per heavy atom. The van der Waals surface area contributed by atoms with Gasteiger partial charge in [0.2, 0.25) is 11.8 Å². The number of halogens is 1. The van der Waals surface area contributed by atoms with Crippen LogP contribution in [0.25, 0.3) is 20.4 Å². The molecular formula is C39H44ClN11O2S2. The smallest absolute Gasteiger partial charge is 0.226 e. The Bertz CT molecular complexity index is 2290. The molecule has 13 nitrogen and oxygen atoms in total. The van der Waals surface area contributed by atoms with E-state index in [1.165, 1.54) is 27.2 Å². The molecule has 1 N–H and O–H groups in total. The van der Waals surface area contributed by atoms with Crippen molar-refractivity contribution in [3.8, 4) is 0 Å². The van der Waals surface area contributed by atoms with Gasteiger partial charge in [0.25, 0.3) is 0 Å². The van der Waals surface area contributed by atoms with E-state index in [0.29, 0.717) is 23.5 Å². The SMILES string of the molecule is CN1CCN(C(=O)C2CCc3c(sc4ncnc(Cl)c34)C2)CC1.CN1CCN(C(=O)C2CCc3c(sc4ncnc(Nc5cnc6c(c5)C=NC6)c34)C2)CC1. The van der Waals surface area contributed by atoms with Crippen LogP contribution in [0.1, 0.15) is 45.0 Å². The van der Waals surface area contributed by atoms with E-state index >= 15 is 0 Å². The molecule has 5 aromatic rings. The summed E-state index contributed by atoms with van der Waals surface area (Å²) in [5.41, 5.74) is 5.52. The average molecular weight is 798 g/mol. The van der Waals surface area contributed by atoms with E-state index in [1.807, 2.05) is 17.3 Å². The second-order valence-corrected chi connectivity index (χ2v) is 17.8. The van der Waals surface area contributed by atoms with Crippen LogP contribution in [0.2, 0.25) is 5.15 Å². The number of carbonyl (C=O) groups excluding carboxylic acids is 2. The number of rotatable bonds is 4.